The summed E-state index contributed by atoms with van der Waals surface area (Å²) in [6, 6.07) is 10.8. The molecule has 0 aliphatic carbocycles. The van der Waals surface area contributed by atoms with Crippen molar-refractivity contribution < 1.29 is 9.90 Å². The van der Waals surface area contributed by atoms with Gasteiger partial charge in [-0.1, -0.05) is 37.3 Å². The predicted octanol–water partition coefficient (Wildman–Crippen LogP) is 3.08. The molecule has 0 spiro atoms. The lowest BCUT2D eigenvalue weighted by Gasteiger charge is -2.08. The molecule has 0 saturated heterocycles. The Morgan fingerprint density at radius 3 is 2.90 bits per heavy atom. The van der Waals surface area contributed by atoms with Crippen molar-refractivity contribution in [3.63, 3.8) is 0 Å². The van der Waals surface area contributed by atoms with E-state index >= 15 is 0 Å². The van der Waals surface area contributed by atoms with Crippen molar-refractivity contribution in [2.45, 2.75) is 13.3 Å². The SMILES string of the molecule is CCc1cn[nH]c1NC(=O)c1ccc2ccccc2c1O. The number of hydrogen-bond donors (Lipinski definition) is 3. The van der Waals surface area contributed by atoms with Crippen LogP contribution in [-0.4, -0.2) is 21.2 Å². The molecule has 5 heteroatoms. The monoisotopic (exact) mass is 281 g/mol. The van der Waals surface area contributed by atoms with Gasteiger partial charge in [-0.25, -0.2) is 0 Å². The van der Waals surface area contributed by atoms with Gasteiger partial charge in [0.2, 0.25) is 0 Å². The number of nitrogens with zero attached hydrogens (tertiary/aromatic N) is 1. The van der Waals surface area contributed by atoms with Gasteiger partial charge in [0.25, 0.3) is 5.91 Å². The first-order chi connectivity index (χ1) is 10.2. The molecule has 0 bridgehead atoms. The molecule has 21 heavy (non-hydrogen) atoms. The van der Waals surface area contributed by atoms with Crippen LogP contribution in [0.2, 0.25) is 0 Å². The van der Waals surface area contributed by atoms with Crippen LogP contribution in [0.4, 0.5) is 5.82 Å². The van der Waals surface area contributed by atoms with Gasteiger partial charge in [-0.3, -0.25) is 9.89 Å². The molecule has 106 valence electrons. The van der Waals surface area contributed by atoms with Crippen LogP contribution >= 0.6 is 0 Å². The number of carbonyl (C=O) groups is 1. The largest absolute Gasteiger partial charge is 0.506 e. The van der Waals surface area contributed by atoms with Crippen molar-refractivity contribution in [1.29, 1.82) is 0 Å². The number of rotatable bonds is 3. The molecule has 0 fully saturated rings. The van der Waals surface area contributed by atoms with E-state index < -0.39 is 0 Å². The number of phenolic OH excluding ortho intramolecular Hbond substituents is 1. The molecule has 0 aliphatic rings. The van der Waals surface area contributed by atoms with Crippen molar-refractivity contribution in [2.75, 3.05) is 5.32 Å². The zero-order valence-electron chi connectivity index (χ0n) is 11.6. The number of aromatic amines is 1. The zero-order valence-corrected chi connectivity index (χ0v) is 11.6. The van der Waals surface area contributed by atoms with Gasteiger partial charge in [0.15, 0.2) is 0 Å². The maximum atomic E-state index is 12.3. The summed E-state index contributed by atoms with van der Waals surface area (Å²) in [4.78, 5) is 12.3. The number of hydrogen-bond acceptors (Lipinski definition) is 3. The normalized spacial score (nSPS) is 10.7. The van der Waals surface area contributed by atoms with Gasteiger partial charge >= 0.3 is 0 Å². The number of aromatic nitrogens is 2. The summed E-state index contributed by atoms with van der Waals surface area (Å²) in [7, 11) is 0. The van der Waals surface area contributed by atoms with E-state index in [1.54, 1.807) is 18.3 Å². The minimum Gasteiger partial charge on any atom is -0.506 e. The van der Waals surface area contributed by atoms with Crippen LogP contribution in [-0.2, 0) is 6.42 Å². The first kappa shape index (κ1) is 13.2. The number of amides is 1. The van der Waals surface area contributed by atoms with Gasteiger partial charge in [-0.15, -0.1) is 0 Å². The maximum Gasteiger partial charge on any atom is 0.260 e. The molecule has 2 aromatic carbocycles. The van der Waals surface area contributed by atoms with Gasteiger partial charge in [0.05, 0.1) is 11.8 Å². The van der Waals surface area contributed by atoms with E-state index in [2.05, 4.69) is 15.5 Å². The number of phenols is 1. The van der Waals surface area contributed by atoms with E-state index in [4.69, 9.17) is 0 Å². The quantitative estimate of drug-likeness (QED) is 0.690. The third kappa shape index (κ3) is 2.33. The Bertz CT molecular complexity index is 808. The van der Waals surface area contributed by atoms with Crippen LogP contribution in [0, 0.1) is 0 Å². The molecule has 0 saturated carbocycles. The number of benzene rings is 2. The summed E-state index contributed by atoms with van der Waals surface area (Å²) in [6.07, 6.45) is 2.44. The Morgan fingerprint density at radius 2 is 2.10 bits per heavy atom. The Balaban J connectivity index is 1.97. The maximum absolute atomic E-state index is 12.3. The van der Waals surface area contributed by atoms with Gasteiger partial charge < -0.3 is 10.4 Å². The molecule has 3 aromatic rings. The first-order valence-corrected chi connectivity index (χ1v) is 6.75. The number of fused-ring (bicyclic) bond motifs is 1. The molecular formula is C16H15N3O2. The molecule has 1 aromatic heterocycles. The molecule has 0 unspecified atom stereocenters. The number of H-pyrrole nitrogens is 1. The Labute approximate surface area is 121 Å². The van der Waals surface area contributed by atoms with Crippen LogP contribution in [0.3, 0.4) is 0 Å². The van der Waals surface area contributed by atoms with Crippen molar-refractivity contribution in [2.24, 2.45) is 0 Å². The second-order valence-electron chi connectivity index (χ2n) is 4.76. The Hall–Kier alpha value is -2.82. The summed E-state index contributed by atoms with van der Waals surface area (Å²) in [5.41, 5.74) is 1.16. The average molecular weight is 281 g/mol. The molecule has 1 amide bonds. The second kappa shape index (κ2) is 5.28. The lowest BCUT2D eigenvalue weighted by Crippen LogP contribution is -2.13. The predicted molar refractivity (Wildman–Crippen MR) is 81.5 cm³/mol. The fourth-order valence-corrected chi connectivity index (χ4v) is 2.31. The lowest BCUT2D eigenvalue weighted by molar-refractivity contribution is 0.102. The summed E-state index contributed by atoms with van der Waals surface area (Å²) >= 11 is 0. The third-order valence-corrected chi connectivity index (χ3v) is 3.48. The minimum atomic E-state index is -0.364. The Morgan fingerprint density at radius 1 is 1.29 bits per heavy atom. The van der Waals surface area contributed by atoms with Crippen LogP contribution in [0.5, 0.6) is 5.75 Å². The van der Waals surface area contributed by atoms with Crippen molar-refractivity contribution >= 4 is 22.5 Å². The third-order valence-electron chi connectivity index (χ3n) is 3.48. The van der Waals surface area contributed by atoms with Crippen LogP contribution < -0.4 is 5.32 Å². The van der Waals surface area contributed by atoms with Gasteiger partial charge in [0.1, 0.15) is 11.6 Å². The van der Waals surface area contributed by atoms with Gasteiger partial charge in [-0.05, 0) is 17.9 Å². The van der Waals surface area contributed by atoms with Gasteiger partial charge in [-0.2, -0.15) is 5.10 Å². The number of anilines is 1. The van der Waals surface area contributed by atoms with Crippen molar-refractivity contribution in [3.8, 4) is 5.75 Å². The molecular weight excluding hydrogens is 266 g/mol. The van der Waals surface area contributed by atoms with Crippen LogP contribution in [0.15, 0.2) is 42.6 Å². The van der Waals surface area contributed by atoms with E-state index in [-0.39, 0.29) is 17.2 Å². The number of aromatic hydroxyl groups is 1. The summed E-state index contributed by atoms with van der Waals surface area (Å²) < 4.78 is 0. The molecule has 3 N–H and O–H groups in total. The number of aryl methyl sites for hydroxylation is 1. The molecule has 0 radical (unpaired) electrons. The van der Waals surface area contributed by atoms with E-state index in [0.717, 1.165) is 17.4 Å². The van der Waals surface area contributed by atoms with Crippen molar-refractivity contribution in [3.05, 3.63) is 53.7 Å². The van der Waals surface area contributed by atoms with Crippen LogP contribution in [0.25, 0.3) is 10.8 Å². The molecule has 0 atom stereocenters. The van der Waals surface area contributed by atoms with Gasteiger partial charge in [0, 0.05) is 10.9 Å². The smallest absolute Gasteiger partial charge is 0.260 e. The van der Waals surface area contributed by atoms with Crippen molar-refractivity contribution in [1.82, 2.24) is 10.2 Å². The highest BCUT2D eigenvalue weighted by Crippen LogP contribution is 2.29. The highest BCUT2D eigenvalue weighted by atomic mass is 16.3. The number of carbonyl (C=O) groups excluding carboxylic acids is 1. The van der Waals surface area contributed by atoms with E-state index in [9.17, 15) is 9.90 Å². The van der Waals surface area contributed by atoms with E-state index in [0.29, 0.717) is 11.2 Å². The second-order valence-corrected chi connectivity index (χ2v) is 4.76. The minimum absolute atomic E-state index is 0.0110. The van der Waals surface area contributed by atoms with Crippen LogP contribution in [0.1, 0.15) is 22.8 Å². The van der Waals surface area contributed by atoms with E-state index in [1.165, 1.54) is 0 Å². The van der Waals surface area contributed by atoms with E-state index in [1.807, 2.05) is 31.2 Å². The first-order valence-electron chi connectivity index (χ1n) is 6.75. The Kier molecular flexibility index (Phi) is 3.31. The topological polar surface area (TPSA) is 78.0 Å². The standard InChI is InChI=1S/C16H15N3O2/c1-2-10-9-17-19-15(10)18-16(21)13-8-7-11-5-3-4-6-12(11)14(13)20/h3-9,20H,2H2,1H3,(H2,17,18,19,21). The molecule has 0 aliphatic heterocycles. The molecule has 3 rings (SSSR count). The average Bonchev–Trinajstić information content (AvgIpc) is 2.95. The summed E-state index contributed by atoms with van der Waals surface area (Å²) in [6.45, 7) is 1.98. The number of nitrogens with one attached hydrogen (secondary N) is 2. The molecule has 5 nitrogen and oxygen atoms in total. The summed E-state index contributed by atoms with van der Waals surface area (Å²) in [5, 5.41) is 21.2. The highest BCUT2D eigenvalue weighted by Gasteiger charge is 2.15. The zero-order chi connectivity index (χ0) is 14.8. The fraction of sp³-hybridized carbons (Fsp3) is 0.125. The molecule has 1 heterocycles. The highest BCUT2D eigenvalue weighted by molar-refractivity contribution is 6.09. The fourth-order valence-electron chi connectivity index (χ4n) is 2.31. The summed E-state index contributed by atoms with van der Waals surface area (Å²) in [5.74, 6) is 0.190. The lowest BCUT2D eigenvalue weighted by atomic mass is 10.0.